The number of rotatable bonds is 3. The van der Waals surface area contributed by atoms with Gasteiger partial charge in [0.05, 0.1) is 0 Å². The molecule has 0 saturated heterocycles. The standard InChI is InChI=1S/C15H15.C7H13NO.C2H6Si.2CH3.Ti/c1-10-4-11-6-13-8-15(2,3)9-14(13)7-12(11)5-10;8-7(9)6-4-2-1-3-5-6;1-3-2;;;/h4,6-7,9H,8H2,1-3H3;6H,1-5H2,(H2,8,9);1-2H3;2*1H3;/q;;;;;+1/p-1. The fourth-order valence-electron chi connectivity index (χ4n) is 6.05. The van der Waals surface area contributed by atoms with Crippen molar-refractivity contribution >= 4 is 28.1 Å². The Labute approximate surface area is 183 Å². The molecule has 1 aromatic carbocycles. The quantitative estimate of drug-likeness (QED) is 0.620. The second-order valence-corrected chi connectivity index (χ2v) is 33.3. The van der Waals surface area contributed by atoms with E-state index in [1.165, 1.54) is 50.3 Å². The molecule has 0 heterocycles. The second kappa shape index (κ2) is 7.32. The van der Waals surface area contributed by atoms with Gasteiger partial charge in [-0.05, 0) is 0 Å². The molecule has 30 heavy (non-hydrogen) atoms. The van der Waals surface area contributed by atoms with Crippen molar-refractivity contribution in [1.29, 1.82) is 0 Å². The average Bonchev–Trinajstić information content (AvgIpc) is 3.13. The molecular weight excluding hydrogens is 418 g/mol. The molecule has 1 N–H and O–H groups in total. The molecule has 0 atom stereocenters. The molecule has 2 nitrogen and oxygen atoms in total. The van der Waals surface area contributed by atoms with Crippen molar-refractivity contribution in [3.05, 3.63) is 39.3 Å². The van der Waals surface area contributed by atoms with Crippen LogP contribution in [-0.2, 0) is 25.5 Å². The summed E-state index contributed by atoms with van der Waals surface area (Å²) in [5.41, 5.74) is 4.53. The maximum absolute atomic E-state index is 13.5. The van der Waals surface area contributed by atoms with Gasteiger partial charge in [0.2, 0.25) is 0 Å². The molecule has 1 saturated carbocycles. The summed E-state index contributed by atoms with van der Waals surface area (Å²) in [5, 5.41) is 7.78. The van der Waals surface area contributed by atoms with E-state index >= 15 is 0 Å². The Morgan fingerprint density at radius 1 is 1.10 bits per heavy atom. The van der Waals surface area contributed by atoms with E-state index in [1.807, 2.05) is 0 Å². The molecule has 0 radical (unpaired) electrons. The number of hydrogen-bond acceptors (Lipinski definition) is 1. The summed E-state index contributed by atoms with van der Waals surface area (Å²) >= 11 is -3.46. The molecule has 1 amide bonds. The Kier molecular flexibility index (Phi) is 5.44. The van der Waals surface area contributed by atoms with Crippen LogP contribution >= 0.6 is 0 Å². The predicted molar refractivity (Wildman–Crippen MR) is 129 cm³/mol. The molecule has 1 fully saturated rings. The van der Waals surface area contributed by atoms with Gasteiger partial charge in [0.1, 0.15) is 0 Å². The van der Waals surface area contributed by atoms with Crippen LogP contribution in [0.25, 0.3) is 16.0 Å². The van der Waals surface area contributed by atoms with E-state index in [-0.39, 0.29) is 11.3 Å². The molecule has 162 valence electrons. The number of nitrogens with one attached hydrogen (secondary N) is 1. The number of allylic oxidation sites excluding steroid dienone is 1. The van der Waals surface area contributed by atoms with Crippen LogP contribution in [0.3, 0.4) is 0 Å². The minimum atomic E-state index is -3.46. The number of carbonyl (C=O) groups is 1. The van der Waals surface area contributed by atoms with Crippen LogP contribution in [0.15, 0.2) is 17.7 Å². The van der Waals surface area contributed by atoms with Crippen LogP contribution in [0, 0.1) is 11.3 Å². The predicted octanol–water partition coefficient (Wildman–Crippen LogP) is 5.22. The van der Waals surface area contributed by atoms with E-state index in [1.54, 1.807) is 0 Å². The van der Waals surface area contributed by atoms with Gasteiger partial charge in [-0.25, -0.2) is 0 Å². The van der Waals surface area contributed by atoms with Crippen molar-refractivity contribution in [2.75, 3.05) is 0 Å². The molecule has 3 aliphatic rings. The first-order chi connectivity index (χ1) is 13.9. The van der Waals surface area contributed by atoms with E-state index < -0.39 is 20.5 Å². The molecular formula is C26H39NOSiTi. The van der Waals surface area contributed by atoms with Crippen LogP contribution in [0.5, 0.6) is 0 Å². The van der Waals surface area contributed by atoms with Crippen molar-refractivity contribution in [1.82, 2.24) is 3.80 Å². The molecule has 4 rings (SSSR count). The first-order valence-electron chi connectivity index (χ1n) is 11.8. The summed E-state index contributed by atoms with van der Waals surface area (Å²) < 4.78 is 5.38. The van der Waals surface area contributed by atoms with Gasteiger partial charge < -0.3 is 0 Å². The fourth-order valence-corrected chi connectivity index (χ4v) is 17.4. The fraction of sp³-hybridized carbons (Fsp3) is 0.577. The number of fused-ring (bicyclic) bond motifs is 2. The first kappa shape index (κ1) is 22.3. The zero-order valence-corrected chi connectivity index (χ0v) is 22.6. The first-order valence-corrected chi connectivity index (χ1v) is 21.4. The van der Waals surface area contributed by atoms with Gasteiger partial charge in [-0.15, -0.1) is 0 Å². The minimum absolute atomic E-state index is 0.225. The van der Waals surface area contributed by atoms with Gasteiger partial charge in [-0.3, -0.25) is 0 Å². The van der Waals surface area contributed by atoms with Crippen molar-refractivity contribution in [2.24, 2.45) is 11.3 Å². The second-order valence-electron chi connectivity index (χ2n) is 11.8. The normalized spacial score (nSPS) is 20.9. The van der Waals surface area contributed by atoms with Crippen LogP contribution in [-0.4, -0.2) is 12.1 Å². The number of hydrogen-bond donors (Lipinski definition) is 1. The third-order valence-electron chi connectivity index (χ3n) is 8.26. The number of benzene rings is 1. The summed E-state index contributed by atoms with van der Waals surface area (Å²) in [5.74, 6) is 0.577. The third-order valence-corrected chi connectivity index (χ3v) is 31.8. The Morgan fingerprint density at radius 3 is 2.40 bits per heavy atom. The Balaban J connectivity index is 1.83. The van der Waals surface area contributed by atoms with E-state index in [0.29, 0.717) is 5.91 Å². The number of amides is 1. The van der Waals surface area contributed by atoms with E-state index in [9.17, 15) is 4.79 Å². The molecule has 0 aromatic heterocycles. The number of carbonyl (C=O) groups excluding carboxylic acids is 1. The van der Waals surface area contributed by atoms with Crippen molar-refractivity contribution in [3.8, 4) is 0 Å². The van der Waals surface area contributed by atoms with Gasteiger partial charge in [0.25, 0.3) is 0 Å². The van der Waals surface area contributed by atoms with Gasteiger partial charge in [0, 0.05) is 0 Å². The molecule has 4 heteroatoms. The Bertz CT molecular complexity index is 1150. The van der Waals surface area contributed by atoms with E-state index in [2.05, 4.69) is 72.4 Å². The van der Waals surface area contributed by atoms with Gasteiger partial charge in [-0.1, -0.05) is 0 Å². The molecule has 3 aliphatic carbocycles. The summed E-state index contributed by atoms with van der Waals surface area (Å²) in [6.45, 7) is 11.8. The van der Waals surface area contributed by atoms with Gasteiger partial charge >= 0.3 is 184 Å². The zero-order valence-electron chi connectivity index (χ0n) is 20.0. The third kappa shape index (κ3) is 3.65. The van der Waals surface area contributed by atoms with Crippen LogP contribution in [0.4, 0.5) is 0 Å². The summed E-state index contributed by atoms with van der Waals surface area (Å²) in [6.07, 6.45) is 11.1. The molecule has 0 unspecified atom stereocenters. The average molecular weight is 458 g/mol. The van der Waals surface area contributed by atoms with Crippen molar-refractivity contribution < 1.29 is 19.1 Å². The maximum atomic E-state index is 13.5. The van der Waals surface area contributed by atoms with Crippen LogP contribution in [0.1, 0.15) is 64.0 Å². The van der Waals surface area contributed by atoms with Crippen LogP contribution < -0.4 is 14.2 Å². The zero-order chi connectivity index (χ0) is 21.9. The van der Waals surface area contributed by atoms with Crippen LogP contribution in [0.2, 0.25) is 23.6 Å². The van der Waals surface area contributed by atoms with E-state index in [0.717, 1.165) is 19.3 Å². The summed E-state index contributed by atoms with van der Waals surface area (Å²) in [6, 6.07) is 4.88. The summed E-state index contributed by atoms with van der Waals surface area (Å²) in [4.78, 5) is 13.5. The van der Waals surface area contributed by atoms with Gasteiger partial charge in [0.15, 0.2) is 0 Å². The molecule has 0 aliphatic heterocycles. The monoisotopic (exact) mass is 457 g/mol. The molecule has 0 spiro atoms. The SMILES string of the molecule is CC1=[C]([Ti]([CH3])([CH3])([NH]C(=O)C2CCCCC2)=[Si](C)C)c2cc3c(cc2=C1)CC(C)(C)C=3. The van der Waals surface area contributed by atoms with E-state index in [4.69, 9.17) is 0 Å². The molecule has 1 aromatic rings. The van der Waals surface area contributed by atoms with Crippen molar-refractivity contribution in [2.45, 2.75) is 82.8 Å². The Morgan fingerprint density at radius 2 is 1.77 bits per heavy atom. The van der Waals surface area contributed by atoms with Crippen molar-refractivity contribution in [3.63, 3.8) is 0 Å². The topological polar surface area (TPSA) is 29.1 Å². The van der Waals surface area contributed by atoms with Gasteiger partial charge in [-0.2, -0.15) is 0 Å². The molecule has 0 bridgehead atoms. The summed E-state index contributed by atoms with van der Waals surface area (Å²) in [7, 11) is 0. The Hall–Kier alpha value is -0.899.